The minimum Gasteiger partial charge on any atom is -0.385 e. The largest absolute Gasteiger partial charge is 0.385 e. The number of carbonyl (C=O) groups is 1. The molecule has 0 saturated heterocycles. The molecule has 0 radical (unpaired) electrons. The van der Waals surface area contributed by atoms with Gasteiger partial charge in [-0.25, -0.2) is 0 Å². The molecule has 3 heterocycles. The van der Waals surface area contributed by atoms with Crippen LogP contribution in [-0.2, 0) is 20.1 Å². The lowest BCUT2D eigenvalue weighted by Gasteiger charge is -2.09. The number of aliphatic hydroxyl groups is 1. The smallest absolute Gasteiger partial charge is 0.257 e. The molecule has 0 aliphatic rings. The van der Waals surface area contributed by atoms with Gasteiger partial charge in [-0.05, 0) is 23.8 Å². The Hall–Kier alpha value is -3.11. The molecule has 0 saturated carbocycles. The maximum Gasteiger partial charge on any atom is 0.257 e. The summed E-state index contributed by atoms with van der Waals surface area (Å²) in [5.41, 5.74) is 1.93. The van der Waals surface area contributed by atoms with Crippen LogP contribution in [0.5, 0.6) is 0 Å². The maximum absolute atomic E-state index is 13.0. The van der Waals surface area contributed by atoms with E-state index in [1.54, 1.807) is 36.1 Å². The number of thiophene rings is 1. The molecule has 4 rings (SSSR count). The number of aryl methyl sites for hydroxylation is 1. The number of hydrogen-bond acceptors (Lipinski definition) is 7. The first-order valence-electron chi connectivity index (χ1n) is 10.2. The molecule has 0 fully saturated rings. The molecular weight excluding hydrogens is 462 g/mol. The lowest BCUT2D eigenvalue weighted by Crippen LogP contribution is -2.29. The molecule has 0 aliphatic heterocycles. The fraction of sp³-hybridized carbons (Fsp3) is 0.217. The summed E-state index contributed by atoms with van der Waals surface area (Å²) in [4.78, 5) is 34.7. The number of hydrogen-bond donors (Lipinski definition) is 3. The fourth-order valence-electron chi connectivity index (χ4n) is 3.35. The second kappa shape index (κ2) is 10.2. The van der Waals surface area contributed by atoms with Crippen LogP contribution in [0.15, 0.2) is 59.9 Å². The zero-order valence-electron chi connectivity index (χ0n) is 17.8. The number of nitrogens with zero attached hydrogens (tertiary/aromatic N) is 3. The van der Waals surface area contributed by atoms with Gasteiger partial charge in [-0.1, -0.05) is 23.7 Å². The molecule has 4 aromatic rings. The molecule has 10 heteroatoms. The van der Waals surface area contributed by atoms with E-state index in [0.29, 0.717) is 35.1 Å². The fourth-order valence-corrected chi connectivity index (χ4v) is 4.59. The monoisotopic (exact) mass is 483 g/mol. The predicted octanol–water partition coefficient (Wildman–Crippen LogP) is 2.80. The quantitative estimate of drug-likeness (QED) is 0.355. The first-order chi connectivity index (χ1) is 15.9. The number of carbonyl (C=O) groups excluding carboxylic acids is 1. The van der Waals surface area contributed by atoms with Crippen LogP contribution in [0.3, 0.4) is 0 Å². The third kappa shape index (κ3) is 5.45. The highest BCUT2D eigenvalue weighted by Crippen LogP contribution is 2.23. The van der Waals surface area contributed by atoms with Crippen molar-refractivity contribution in [2.24, 2.45) is 7.05 Å². The van der Waals surface area contributed by atoms with Crippen LogP contribution in [0.2, 0.25) is 5.02 Å². The van der Waals surface area contributed by atoms with Crippen molar-refractivity contribution in [3.05, 3.63) is 92.1 Å². The van der Waals surface area contributed by atoms with Crippen molar-refractivity contribution < 1.29 is 9.90 Å². The number of benzene rings is 1. The summed E-state index contributed by atoms with van der Waals surface area (Å²) in [5.74, 6) is -0.424. The lowest BCUT2D eigenvalue weighted by atomic mass is 10.2. The van der Waals surface area contributed by atoms with E-state index in [1.165, 1.54) is 23.7 Å². The van der Waals surface area contributed by atoms with Crippen molar-refractivity contribution in [3.63, 3.8) is 0 Å². The van der Waals surface area contributed by atoms with Crippen molar-refractivity contribution in [3.8, 4) is 0 Å². The Kier molecular flexibility index (Phi) is 7.14. The van der Waals surface area contributed by atoms with E-state index in [0.717, 1.165) is 16.0 Å². The number of nitrogens with one attached hydrogen (secondary N) is 2. The Balaban J connectivity index is 1.44. The maximum atomic E-state index is 13.0. The van der Waals surface area contributed by atoms with Gasteiger partial charge < -0.3 is 20.3 Å². The first kappa shape index (κ1) is 23.1. The minimum absolute atomic E-state index is 0.0957. The van der Waals surface area contributed by atoms with E-state index in [2.05, 4.69) is 20.6 Å². The summed E-state index contributed by atoms with van der Waals surface area (Å²) in [6.45, 7) is 1.06. The zero-order chi connectivity index (χ0) is 23.4. The third-order valence-electron chi connectivity index (χ3n) is 5.09. The molecule has 1 unspecified atom stereocenters. The van der Waals surface area contributed by atoms with E-state index >= 15 is 0 Å². The molecule has 1 atom stereocenters. The highest BCUT2D eigenvalue weighted by molar-refractivity contribution is 7.19. The average molecular weight is 484 g/mol. The molecule has 0 bridgehead atoms. The van der Waals surface area contributed by atoms with Gasteiger partial charge in [-0.3, -0.25) is 19.6 Å². The minimum atomic E-state index is -0.782. The highest BCUT2D eigenvalue weighted by atomic mass is 35.5. The molecule has 3 N–H and O–H groups in total. The number of halogens is 1. The average Bonchev–Trinajstić information content (AvgIpc) is 3.26. The predicted molar refractivity (Wildman–Crippen MR) is 128 cm³/mol. The number of amides is 1. The molecule has 8 nitrogen and oxygen atoms in total. The van der Waals surface area contributed by atoms with Gasteiger partial charge in [0.25, 0.3) is 5.91 Å². The van der Waals surface area contributed by atoms with Gasteiger partial charge in [0.2, 0.25) is 5.43 Å². The molecule has 1 aromatic carbocycles. The summed E-state index contributed by atoms with van der Waals surface area (Å²) in [6, 6.07) is 9.06. The van der Waals surface area contributed by atoms with Gasteiger partial charge in [-0.15, -0.1) is 11.3 Å². The SMILES string of the molecule is Cn1cc(C(=O)NCc2ccc(Cl)cc2)c(=O)c2sc(CNCC(O)c3cnccn3)cc21. The second-order valence-corrected chi connectivity index (χ2v) is 9.07. The van der Waals surface area contributed by atoms with Crippen LogP contribution in [0.1, 0.15) is 32.6 Å². The standard InChI is InChI=1S/C23H22ClN5O3S/c1-29-13-17(23(32)28-9-14-2-4-15(24)5-3-14)21(31)22-19(29)8-16(33-22)10-26-12-20(30)18-11-25-6-7-27-18/h2-8,11,13,20,26,30H,9-10,12H2,1H3,(H,28,32). The molecule has 33 heavy (non-hydrogen) atoms. The number of rotatable bonds is 8. The van der Waals surface area contributed by atoms with Crippen LogP contribution in [-0.4, -0.2) is 32.1 Å². The molecule has 0 aliphatic carbocycles. The Morgan fingerprint density at radius 1 is 1.24 bits per heavy atom. The molecule has 170 valence electrons. The van der Waals surface area contributed by atoms with Gasteiger partial charge in [0.05, 0.1) is 22.1 Å². The van der Waals surface area contributed by atoms with Gasteiger partial charge in [0.15, 0.2) is 0 Å². The van der Waals surface area contributed by atoms with Gasteiger partial charge in [0.1, 0.15) is 11.7 Å². The molecule has 0 spiro atoms. The number of aliphatic hydroxyl groups excluding tert-OH is 1. The van der Waals surface area contributed by atoms with E-state index in [-0.39, 0.29) is 11.0 Å². The molecular formula is C23H22ClN5O3S. The van der Waals surface area contributed by atoms with Crippen molar-refractivity contribution in [2.45, 2.75) is 19.2 Å². The van der Waals surface area contributed by atoms with Crippen LogP contribution in [0.4, 0.5) is 0 Å². The van der Waals surface area contributed by atoms with Gasteiger partial charge in [-0.2, -0.15) is 0 Å². The summed E-state index contributed by atoms with van der Waals surface area (Å²) in [5, 5.41) is 16.8. The highest BCUT2D eigenvalue weighted by Gasteiger charge is 2.17. The van der Waals surface area contributed by atoms with Crippen molar-refractivity contribution in [2.75, 3.05) is 6.54 Å². The lowest BCUT2D eigenvalue weighted by molar-refractivity contribution is 0.0949. The Bertz CT molecular complexity index is 1320. The van der Waals surface area contributed by atoms with E-state index in [4.69, 9.17) is 11.6 Å². The zero-order valence-corrected chi connectivity index (χ0v) is 19.4. The van der Waals surface area contributed by atoms with Crippen LogP contribution in [0.25, 0.3) is 10.2 Å². The Morgan fingerprint density at radius 3 is 2.76 bits per heavy atom. The normalized spacial score (nSPS) is 12.1. The van der Waals surface area contributed by atoms with Crippen LogP contribution in [0, 0.1) is 0 Å². The summed E-state index contributed by atoms with van der Waals surface area (Å²) in [7, 11) is 1.81. The van der Waals surface area contributed by atoms with Crippen molar-refractivity contribution in [1.29, 1.82) is 0 Å². The molecule has 3 aromatic heterocycles. The van der Waals surface area contributed by atoms with Crippen molar-refractivity contribution >= 4 is 39.1 Å². The van der Waals surface area contributed by atoms with E-state index in [1.807, 2.05) is 18.2 Å². The van der Waals surface area contributed by atoms with Gasteiger partial charge >= 0.3 is 0 Å². The number of pyridine rings is 1. The number of fused-ring (bicyclic) bond motifs is 1. The summed E-state index contributed by atoms with van der Waals surface area (Å²) < 4.78 is 2.30. The summed E-state index contributed by atoms with van der Waals surface area (Å²) >= 11 is 7.22. The summed E-state index contributed by atoms with van der Waals surface area (Å²) in [6.07, 6.45) is 5.38. The Morgan fingerprint density at radius 2 is 2.03 bits per heavy atom. The van der Waals surface area contributed by atoms with E-state index in [9.17, 15) is 14.7 Å². The first-order valence-corrected chi connectivity index (χ1v) is 11.4. The van der Waals surface area contributed by atoms with Crippen molar-refractivity contribution in [1.82, 2.24) is 25.2 Å². The Labute approximate surface area is 198 Å². The topological polar surface area (TPSA) is 109 Å². The number of aromatic nitrogens is 3. The third-order valence-corrected chi connectivity index (χ3v) is 6.46. The second-order valence-electron chi connectivity index (χ2n) is 7.50. The van der Waals surface area contributed by atoms with Crippen LogP contribution < -0.4 is 16.1 Å². The van der Waals surface area contributed by atoms with E-state index < -0.39 is 12.0 Å². The van der Waals surface area contributed by atoms with Crippen LogP contribution >= 0.6 is 22.9 Å². The molecule has 1 amide bonds. The van der Waals surface area contributed by atoms with Gasteiger partial charge in [0, 0.05) is 55.2 Å².